The molecule has 0 atom stereocenters. The van der Waals surface area contributed by atoms with Gasteiger partial charge in [0.25, 0.3) is 5.91 Å². The van der Waals surface area contributed by atoms with E-state index in [-0.39, 0.29) is 5.91 Å². The van der Waals surface area contributed by atoms with Crippen molar-refractivity contribution in [2.75, 3.05) is 20.8 Å². The van der Waals surface area contributed by atoms with Crippen LogP contribution in [-0.4, -0.2) is 41.5 Å². The zero-order valence-corrected chi connectivity index (χ0v) is 17.2. The predicted octanol–water partition coefficient (Wildman–Crippen LogP) is 4.19. The highest BCUT2D eigenvalue weighted by atomic mass is 32.1. The molecule has 3 aromatic rings. The highest BCUT2D eigenvalue weighted by Crippen LogP contribution is 2.30. The average molecular weight is 398 g/mol. The van der Waals surface area contributed by atoms with Crippen LogP contribution in [0.15, 0.2) is 42.6 Å². The molecule has 0 aliphatic rings. The summed E-state index contributed by atoms with van der Waals surface area (Å²) in [4.78, 5) is 24.5. The summed E-state index contributed by atoms with van der Waals surface area (Å²) in [6.07, 6.45) is 1.73. The fourth-order valence-electron chi connectivity index (χ4n) is 2.86. The van der Waals surface area contributed by atoms with Gasteiger partial charge >= 0.3 is 0 Å². The van der Waals surface area contributed by atoms with E-state index in [1.54, 1.807) is 25.3 Å². The van der Waals surface area contributed by atoms with Gasteiger partial charge in [-0.1, -0.05) is 12.1 Å². The van der Waals surface area contributed by atoms with Crippen molar-refractivity contribution in [3.63, 3.8) is 0 Å². The Labute approximate surface area is 168 Å². The van der Waals surface area contributed by atoms with Gasteiger partial charge in [0.05, 0.1) is 25.6 Å². The fraction of sp³-hybridized carbons (Fsp3) is 0.286. The van der Waals surface area contributed by atoms with Gasteiger partial charge in [0, 0.05) is 19.3 Å². The predicted molar refractivity (Wildman–Crippen MR) is 110 cm³/mol. The van der Waals surface area contributed by atoms with Crippen molar-refractivity contribution in [1.29, 1.82) is 0 Å². The first-order chi connectivity index (χ1) is 13.6. The zero-order valence-electron chi connectivity index (χ0n) is 16.4. The quantitative estimate of drug-likeness (QED) is 0.598. The van der Waals surface area contributed by atoms with Crippen LogP contribution in [-0.2, 0) is 6.54 Å². The Morgan fingerprint density at radius 1 is 1.14 bits per heavy atom. The minimum Gasteiger partial charge on any atom is -0.493 e. The van der Waals surface area contributed by atoms with Crippen molar-refractivity contribution in [3.05, 3.63) is 58.7 Å². The van der Waals surface area contributed by atoms with Crippen molar-refractivity contribution in [2.45, 2.75) is 20.4 Å². The molecule has 2 aromatic heterocycles. The van der Waals surface area contributed by atoms with Crippen molar-refractivity contribution in [3.8, 4) is 22.2 Å². The van der Waals surface area contributed by atoms with Gasteiger partial charge in [0.1, 0.15) is 9.88 Å². The summed E-state index contributed by atoms with van der Waals surface area (Å²) >= 11 is 1.38. The van der Waals surface area contributed by atoms with E-state index in [1.807, 2.05) is 50.2 Å². The second-order valence-electron chi connectivity index (χ2n) is 6.16. The molecular weight excluding hydrogens is 374 g/mol. The Bertz CT molecular complexity index is 957. The number of amides is 1. The lowest BCUT2D eigenvalue weighted by atomic mass is 10.1. The molecule has 0 N–H and O–H groups in total. The third-order valence-electron chi connectivity index (χ3n) is 4.37. The molecule has 146 valence electrons. The standard InChI is InChI=1S/C21H23N3O3S/c1-5-24(13-15-9-10-17(26-3)18(12-15)27-4)21(25)19-14(2)23-20(28-19)16-8-6-7-11-22-16/h6-12H,5,13H2,1-4H3. The molecule has 0 spiro atoms. The van der Waals surface area contributed by atoms with E-state index < -0.39 is 0 Å². The summed E-state index contributed by atoms with van der Waals surface area (Å²) in [5.74, 6) is 1.28. The van der Waals surface area contributed by atoms with Gasteiger partial charge in [-0.3, -0.25) is 9.78 Å². The second-order valence-corrected chi connectivity index (χ2v) is 7.16. The molecule has 3 rings (SSSR count). The topological polar surface area (TPSA) is 64.6 Å². The number of aromatic nitrogens is 2. The van der Waals surface area contributed by atoms with E-state index >= 15 is 0 Å². The second kappa shape index (κ2) is 8.84. The molecule has 7 heteroatoms. The largest absolute Gasteiger partial charge is 0.493 e. The molecule has 0 bridgehead atoms. The summed E-state index contributed by atoms with van der Waals surface area (Å²) in [7, 11) is 3.20. The number of nitrogens with zero attached hydrogens (tertiary/aromatic N) is 3. The Morgan fingerprint density at radius 2 is 1.93 bits per heavy atom. The lowest BCUT2D eigenvalue weighted by Crippen LogP contribution is -2.30. The van der Waals surface area contributed by atoms with Gasteiger partial charge in [-0.25, -0.2) is 4.98 Å². The molecular formula is C21H23N3O3S. The summed E-state index contributed by atoms with van der Waals surface area (Å²) in [5, 5.41) is 0.753. The van der Waals surface area contributed by atoms with Crippen LogP contribution in [0, 0.1) is 6.92 Å². The van der Waals surface area contributed by atoms with Crippen molar-refractivity contribution in [1.82, 2.24) is 14.9 Å². The van der Waals surface area contributed by atoms with Crippen LogP contribution in [0.1, 0.15) is 27.9 Å². The van der Waals surface area contributed by atoms with Crippen LogP contribution in [0.4, 0.5) is 0 Å². The molecule has 0 aliphatic heterocycles. The summed E-state index contributed by atoms with van der Waals surface area (Å²) in [6, 6.07) is 11.4. The lowest BCUT2D eigenvalue weighted by molar-refractivity contribution is 0.0756. The van der Waals surface area contributed by atoms with Crippen LogP contribution >= 0.6 is 11.3 Å². The van der Waals surface area contributed by atoms with Gasteiger partial charge < -0.3 is 14.4 Å². The molecule has 1 amide bonds. The zero-order chi connectivity index (χ0) is 20.1. The van der Waals surface area contributed by atoms with Crippen LogP contribution in [0.25, 0.3) is 10.7 Å². The van der Waals surface area contributed by atoms with Gasteiger partial charge in [-0.2, -0.15) is 0 Å². The van der Waals surface area contributed by atoms with Crippen molar-refractivity contribution in [2.24, 2.45) is 0 Å². The van der Waals surface area contributed by atoms with E-state index in [4.69, 9.17) is 9.47 Å². The van der Waals surface area contributed by atoms with Crippen LogP contribution in [0.5, 0.6) is 11.5 Å². The van der Waals surface area contributed by atoms with Gasteiger partial charge in [0.15, 0.2) is 11.5 Å². The van der Waals surface area contributed by atoms with Crippen molar-refractivity contribution >= 4 is 17.2 Å². The minimum atomic E-state index is -0.0329. The number of aryl methyl sites for hydroxylation is 1. The monoisotopic (exact) mass is 397 g/mol. The number of rotatable bonds is 7. The van der Waals surface area contributed by atoms with E-state index in [2.05, 4.69) is 9.97 Å². The van der Waals surface area contributed by atoms with Crippen LogP contribution in [0.3, 0.4) is 0 Å². The normalized spacial score (nSPS) is 10.6. The molecule has 0 aliphatic carbocycles. The van der Waals surface area contributed by atoms with E-state index in [0.717, 1.165) is 22.0 Å². The molecule has 0 unspecified atom stereocenters. The number of ether oxygens (including phenoxy) is 2. The third-order valence-corrected chi connectivity index (χ3v) is 5.53. The third kappa shape index (κ3) is 4.14. The van der Waals surface area contributed by atoms with Crippen LogP contribution in [0.2, 0.25) is 0 Å². The van der Waals surface area contributed by atoms with Crippen LogP contribution < -0.4 is 9.47 Å². The van der Waals surface area contributed by atoms with Crippen molar-refractivity contribution < 1.29 is 14.3 Å². The SMILES string of the molecule is CCN(Cc1ccc(OC)c(OC)c1)C(=O)c1sc(-c2ccccn2)nc1C. The first kappa shape index (κ1) is 19.8. The number of methoxy groups -OCH3 is 2. The van der Waals surface area contributed by atoms with E-state index in [9.17, 15) is 4.79 Å². The van der Waals surface area contributed by atoms with E-state index in [1.165, 1.54) is 11.3 Å². The minimum absolute atomic E-state index is 0.0329. The fourth-order valence-corrected chi connectivity index (χ4v) is 3.87. The molecule has 28 heavy (non-hydrogen) atoms. The summed E-state index contributed by atoms with van der Waals surface area (Å²) in [5.41, 5.74) is 2.47. The Balaban J connectivity index is 1.83. The maximum atomic E-state index is 13.1. The number of benzene rings is 1. The molecule has 2 heterocycles. The molecule has 6 nitrogen and oxygen atoms in total. The number of carbonyl (C=O) groups is 1. The highest BCUT2D eigenvalue weighted by Gasteiger charge is 2.22. The summed E-state index contributed by atoms with van der Waals surface area (Å²) in [6.45, 7) is 4.89. The smallest absolute Gasteiger partial charge is 0.266 e. The Hall–Kier alpha value is -2.93. The van der Waals surface area contributed by atoms with Gasteiger partial charge in [0.2, 0.25) is 0 Å². The number of thiazole rings is 1. The molecule has 0 saturated carbocycles. The van der Waals surface area contributed by atoms with Gasteiger partial charge in [-0.15, -0.1) is 11.3 Å². The Morgan fingerprint density at radius 3 is 2.57 bits per heavy atom. The van der Waals surface area contributed by atoms with E-state index in [0.29, 0.717) is 29.5 Å². The maximum Gasteiger partial charge on any atom is 0.266 e. The highest BCUT2D eigenvalue weighted by molar-refractivity contribution is 7.17. The van der Waals surface area contributed by atoms with Gasteiger partial charge in [-0.05, 0) is 43.7 Å². The lowest BCUT2D eigenvalue weighted by Gasteiger charge is -2.21. The molecule has 0 radical (unpaired) electrons. The first-order valence-corrected chi connectivity index (χ1v) is 9.78. The number of hydrogen-bond acceptors (Lipinski definition) is 6. The number of hydrogen-bond donors (Lipinski definition) is 0. The number of carbonyl (C=O) groups excluding carboxylic acids is 1. The Kier molecular flexibility index (Phi) is 6.26. The molecule has 0 saturated heterocycles. The molecule has 0 fully saturated rings. The molecule has 1 aromatic carbocycles. The summed E-state index contributed by atoms with van der Waals surface area (Å²) < 4.78 is 10.6. The number of pyridine rings is 1. The average Bonchev–Trinajstić information content (AvgIpc) is 3.13. The maximum absolute atomic E-state index is 13.1. The first-order valence-electron chi connectivity index (χ1n) is 8.96.